The number of amides is 1. The van der Waals surface area contributed by atoms with Crippen molar-refractivity contribution in [3.8, 4) is 0 Å². The topological polar surface area (TPSA) is 28.5 Å². The number of carbonyl (C=O) groups is 1. The normalized spacial score (nSPS) is 21.4. The van der Waals surface area contributed by atoms with Crippen molar-refractivity contribution < 1.29 is 4.79 Å². The van der Waals surface area contributed by atoms with Crippen LogP contribution in [0.15, 0.2) is 42.6 Å². The first-order valence-corrected chi connectivity index (χ1v) is 10.0. The molecule has 1 aromatic heterocycles. The van der Waals surface area contributed by atoms with Crippen molar-refractivity contribution >= 4 is 16.8 Å². The van der Waals surface area contributed by atoms with Crippen molar-refractivity contribution in [1.29, 1.82) is 0 Å². The standard InChI is InChI=1S/C22H29N3O/c1-2-23-12-14-24(15-13-23)22(26)20-17-25(16-18-8-4-3-5-9-18)21-11-7-6-10-19(20)21/h3-4,6-7,10-11,17-18H,2,5,8-9,12-16H2,1H3. The lowest BCUT2D eigenvalue weighted by Crippen LogP contribution is -2.48. The van der Waals surface area contributed by atoms with Crippen LogP contribution in [0.1, 0.15) is 36.5 Å². The minimum Gasteiger partial charge on any atom is -0.346 e. The minimum atomic E-state index is 0.194. The average Bonchev–Trinajstić information content (AvgIpc) is 3.07. The van der Waals surface area contributed by atoms with Gasteiger partial charge in [0, 0.05) is 49.8 Å². The zero-order valence-corrected chi connectivity index (χ0v) is 15.7. The highest BCUT2D eigenvalue weighted by molar-refractivity contribution is 6.07. The molecule has 0 N–H and O–H groups in total. The molecule has 4 nitrogen and oxygen atoms in total. The fourth-order valence-electron chi connectivity index (χ4n) is 4.31. The van der Waals surface area contributed by atoms with Crippen molar-refractivity contribution in [1.82, 2.24) is 14.4 Å². The summed E-state index contributed by atoms with van der Waals surface area (Å²) in [6.45, 7) is 7.88. The Morgan fingerprint density at radius 2 is 1.92 bits per heavy atom. The summed E-state index contributed by atoms with van der Waals surface area (Å²) in [7, 11) is 0. The van der Waals surface area contributed by atoms with Gasteiger partial charge in [-0.15, -0.1) is 0 Å². The monoisotopic (exact) mass is 351 g/mol. The van der Waals surface area contributed by atoms with Crippen LogP contribution in [0.2, 0.25) is 0 Å². The molecule has 0 saturated carbocycles. The predicted octanol–water partition coefficient (Wildman–Crippen LogP) is 3.78. The van der Waals surface area contributed by atoms with Gasteiger partial charge < -0.3 is 14.4 Å². The van der Waals surface area contributed by atoms with Gasteiger partial charge >= 0.3 is 0 Å². The number of hydrogen-bond donors (Lipinski definition) is 0. The van der Waals surface area contributed by atoms with E-state index in [1.807, 2.05) is 11.0 Å². The number of allylic oxidation sites excluding steroid dienone is 2. The maximum atomic E-state index is 13.2. The fraction of sp³-hybridized carbons (Fsp3) is 0.500. The van der Waals surface area contributed by atoms with Crippen LogP contribution in [-0.4, -0.2) is 53.0 Å². The Labute approximate surface area is 156 Å². The number of rotatable bonds is 4. The van der Waals surface area contributed by atoms with Crippen LogP contribution in [0, 0.1) is 5.92 Å². The predicted molar refractivity (Wildman–Crippen MR) is 106 cm³/mol. The van der Waals surface area contributed by atoms with Crippen LogP contribution < -0.4 is 0 Å². The summed E-state index contributed by atoms with van der Waals surface area (Å²) in [5, 5.41) is 1.10. The molecular formula is C22H29N3O. The Morgan fingerprint density at radius 3 is 2.65 bits per heavy atom. The molecule has 1 aliphatic heterocycles. The van der Waals surface area contributed by atoms with E-state index in [2.05, 4.69) is 52.9 Å². The van der Waals surface area contributed by atoms with Gasteiger partial charge in [-0.3, -0.25) is 4.79 Å². The van der Waals surface area contributed by atoms with Crippen molar-refractivity contribution in [3.05, 3.63) is 48.2 Å². The number of aromatic nitrogens is 1. The van der Waals surface area contributed by atoms with Crippen LogP contribution in [0.25, 0.3) is 10.9 Å². The summed E-state index contributed by atoms with van der Waals surface area (Å²) in [6, 6.07) is 8.37. The summed E-state index contributed by atoms with van der Waals surface area (Å²) in [6.07, 6.45) is 10.3. The Kier molecular flexibility index (Phi) is 5.11. The van der Waals surface area contributed by atoms with E-state index in [1.165, 1.54) is 18.4 Å². The average molecular weight is 351 g/mol. The van der Waals surface area contributed by atoms with Crippen LogP contribution in [0.3, 0.4) is 0 Å². The molecular weight excluding hydrogens is 322 g/mol. The van der Waals surface area contributed by atoms with E-state index >= 15 is 0 Å². The van der Waals surface area contributed by atoms with Gasteiger partial charge in [0.25, 0.3) is 5.91 Å². The summed E-state index contributed by atoms with van der Waals surface area (Å²) >= 11 is 0. The van der Waals surface area contributed by atoms with Crippen LogP contribution >= 0.6 is 0 Å². The van der Waals surface area contributed by atoms with Crippen molar-refractivity contribution in [2.75, 3.05) is 32.7 Å². The minimum absolute atomic E-state index is 0.194. The van der Waals surface area contributed by atoms with E-state index in [9.17, 15) is 4.79 Å². The highest BCUT2D eigenvalue weighted by Gasteiger charge is 2.24. The molecule has 1 saturated heterocycles. The number of para-hydroxylation sites is 1. The molecule has 2 aliphatic rings. The Bertz CT molecular complexity index is 799. The number of piperazine rings is 1. The molecule has 0 spiro atoms. The molecule has 26 heavy (non-hydrogen) atoms. The molecule has 1 fully saturated rings. The number of carbonyl (C=O) groups excluding carboxylic acids is 1. The quantitative estimate of drug-likeness (QED) is 0.785. The third kappa shape index (κ3) is 3.43. The molecule has 2 aromatic rings. The smallest absolute Gasteiger partial charge is 0.256 e. The largest absolute Gasteiger partial charge is 0.346 e. The summed E-state index contributed by atoms with van der Waals surface area (Å²) in [5.41, 5.74) is 2.06. The second kappa shape index (κ2) is 7.67. The van der Waals surface area contributed by atoms with E-state index < -0.39 is 0 Å². The van der Waals surface area contributed by atoms with Crippen LogP contribution in [0.4, 0.5) is 0 Å². The second-order valence-electron chi connectivity index (χ2n) is 7.59. The fourth-order valence-corrected chi connectivity index (χ4v) is 4.31. The maximum absolute atomic E-state index is 13.2. The second-order valence-corrected chi connectivity index (χ2v) is 7.59. The Morgan fingerprint density at radius 1 is 1.12 bits per heavy atom. The number of hydrogen-bond acceptors (Lipinski definition) is 2. The van der Waals surface area contributed by atoms with Gasteiger partial charge in [0.05, 0.1) is 5.56 Å². The van der Waals surface area contributed by atoms with Gasteiger partial charge in [0.15, 0.2) is 0 Å². The molecule has 4 rings (SSSR count). The SMILES string of the molecule is CCN1CCN(C(=O)c2cn(CC3CC=CCC3)c3ccccc23)CC1. The molecule has 0 radical (unpaired) electrons. The molecule has 0 bridgehead atoms. The first-order chi connectivity index (χ1) is 12.8. The maximum Gasteiger partial charge on any atom is 0.256 e. The molecule has 1 aromatic carbocycles. The molecule has 138 valence electrons. The molecule has 2 heterocycles. The van der Waals surface area contributed by atoms with Gasteiger partial charge in [0.2, 0.25) is 0 Å². The first kappa shape index (κ1) is 17.3. The molecule has 1 unspecified atom stereocenters. The summed E-state index contributed by atoms with van der Waals surface area (Å²) in [4.78, 5) is 17.6. The summed E-state index contributed by atoms with van der Waals surface area (Å²) < 4.78 is 2.31. The van der Waals surface area contributed by atoms with E-state index in [0.29, 0.717) is 5.92 Å². The lowest BCUT2D eigenvalue weighted by Gasteiger charge is -2.34. The number of likely N-dealkylation sites (N-methyl/N-ethyl adjacent to an activating group) is 1. The molecule has 4 heteroatoms. The van der Waals surface area contributed by atoms with Gasteiger partial charge in [-0.25, -0.2) is 0 Å². The van der Waals surface area contributed by atoms with Crippen LogP contribution in [-0.2, 0) is 6.54 Å². The Hall–Kier alpha value is -2.07. The number of nitrogens with zero attached hydrogens (tertiary/aromatic N) is 3. The van der Waals surface area contributed by atoms with Gasteiger partial charge in [-0.2, -0.15) is 0 Å². The van der Waals surface area contributed by atoms with Crippen LogP contribution in [0.5, 0.6) is 0 Å². The van der Waals surface area contributed by atoms with Gasteiger partial charge in [-0.05, 0) is 37.8 Å². The zero-order chi connectivity index (χ0) is 17.9. The highest BCUT2D eigenvalue weighted by atomic mass is 16.2. The first-order valence-electron chi connectivity index (χ1n) is 10.0. The third-order valence-electron chi connectivity index (χ3n) is 5.96. The lowest BCUT2D eigenvalue weighted by molar-refractivity contribution is 0.0645. The van der Waals surface area contributed by atoms with E-state index in [-0.39, 0.29) is 5.91 Å². The van der Waals surface area contributed by atoms with Crippen molar-refractivity contribution in [2.24, 2.45) is 5.92 Å². The van der Waals surface area contributed by atoms with E-state index in [1.54, 1.807) is 0 Å². The molecule has 1 atom stereocenters. The molecule has 1 amide bonds. The molecule has 1 aliphatic carbocycles. The zero-order valence-electron chi connectivity index (χ0n) is 15.7. The number of benzene rings is 1. The highest BCUT2D eigenvalue weighted by Crippen LogP contribution is 2.27. The third-order valence-corrected chi connectivity index (χ3v) is 5.96. The van der Waals surface area contributed by atoms with E-state index in [0.717, 1.165) is 56.6 Å². The van der Waals surface area contributed by atoms with Gasteiger partial charge in [-0.1, -0.05) is 37.3 Å². The van der Waals surface area contributed by atoms with E-state index in [4.69, 9.17) is 0 Å². The lowest BCUT2D eigenvalue weighted by atomic mass is 9.94. The van der Waals surface area contributed by atoms with Crippen molar-refractivity contribution in [3.63, 3.8) is 0 Å². The Balaban J connectivity index is 1.59. The van der Waals surface area contributed by atoms with Gasteiger partial charge in [0.1, 0.15) is 0 Å². The van der Waals surface area contributed by atoms with Crippen molar-refractivity contribution in [2.45, 2.75) is 32.7 Å². The summed E-state index contributed by atoms with van der Waals surface area (Å²) in [5.74, 6) is 0.867. The number of fused-ring (bicyclic) bond motifs is 1.